The molecular formula is C12H15N3O3S. The van der Waals surface area contributed by atoms with Crippen molar-refractivity contribution >= 4 is 35.1 Å². The van der Waals surface area contributed by atoms with Crippen LogP contribution in [0.2, 0.25) is 0 Å². The lowest BCUT2D eigenvalue weighted by atomic mass is 10.4. The first-order valence-electron chi connectivity index (χ1n) is 5.61. The zero-order valence-electron chi connectivity index (χ0n) is 10.6. The minimum atomic E-state index is -0.911. The van der Waals surface area contributed by atoms with Crippen LogP contribution in [0.4, 0.5) is 0 Å². The fourth-order valence-corrected chi connectivity index (χ4v) is 1.71. The highest BCUT2D eigenvalue weighted by Gasteiger charge is 2.14. The molecule has 0 fully saturated rings. The van der Waals surface area contributed by atoms with Crippen molar-refractivity contribution in [1.29, 1.82) is 0 Å². The number of hydrazine groups is 1. The molecule has 102 valence electrons. The molecule has 0 saturated carbocycles. The third-order valence-electron chi connectivity index (χ3n) is 1.87. The number of carbonyl (C=O) groups is 3. The first-order valence-corrected chi connectivity index (χ1v) is 6.49. The van der Waals surface area contributed by atoms with Gasteiger partial charge in [-0.3, -0.25) is 25.2 Å². The van der Waals surface area contributed by atoms with Crippen molar-refractivity contribution in [3.63, 3.8) is 0 Å². The maximum absolute atomic E-state index is 11.3. The lowest BCUT2D eigenvalue weighted by Crippen LogP contribution is -2.49. The van der Waals surface area contributed by atoms with Crippen molar-refractivity contribution in [3.05, 3.63) is 28.5 Å². The summed E-state index contributed by atoms with van der Waals surface area (Å²) in [4.78, 5) is 34.7. The predicted molar refractivity (Wildman–Crippen MR) is 72.9 cm³/mol. The van der Waals surface area contributed by atoms with Crippen LogP contribution in [0.15, 0.2) is 23.6 Å². The van der Waals surface area contributed by atoms with E-state index in [-0.39, 0.29) is 6.04 Å². The van der Waals surface area contributed by atoms with E-state index in [1.165, 1.54) is 17.4 Å². The van der Waals surface area contributed by atoms with Gasteiger partial charge in [-0.1, -0.05) is 6.07 Å². The van der Waals surface area contributed by atoms with E-state index in [9.17, 15) is 14.4 Å². The molecule has 0 radical (unpaired) electrons. The lowest BCUT2D eigenvalue weighted by Gasteiger charge is -2.08. The van der Waals surface area contributed by atoms with Crippen molar-refractivity contribution in [3.8, 4) is 0 Å². The van der Waals surface area contributed by atoms with Gasteiger partial charge in [-0.25, -0.2) is 0 Å². The van der Waals surface area contributed by atoms with Gasteiger partial charge in [-0.05, 0) is 31.4 Å². The molecule has 1 rings (SSSR count). The van der Waals surface area contributed by atoms with E-state index in [1.54, 1.807) is 19.9 Å². The highest BCUT2D eigenvalue weighted by atomic mass is 32.1. The van der Waals surface area contributed by atoms with Crippen LogP contribution in [0.25, 0.3) is 6.08 Å². The van der Waals surface area contributed by atoms with Crippen molar-refractivity contribution in [2.24, 2.45) is 0 Å². The third-order valence-corrected chi connectivity index (χ3v) is 2.70. The summed E-state index contributed by atoms with van der Waals surface area (Å²) in [5.74, 6) is -2.22. The molecule has 0 aliphatic heterocycles. The molecule has 1 heterocycles. The van der Waals surface area contributed by atoms with Gasteiger partial charge in [0.2, 0.25) is 0 Å². The molecule has 1 aromatic rings. The highest BCUT2D eigenvalue weighted by Crippen LogP contribution is 2.09. The third kappa shape index (κ3) is 5.82. The molecule has 6 nitrogen and oxygen atoms in total. The fraction of sp³-hybridized carbons (Fsp3) is 0.250. The molecule has 0 bridgehead atoms. The average molecular weight is 281 g/mol. The van der Waals surface area contributed by atoms with E-state index < -0.39 is 17.7 Å². The number of carbonyl (C=O) groups excluding carboxylic acids is 3. The Balaban J connectivity index is 2.34. The molecule has 0 aliphatic carbocycles. The van der Waals surface area contributed by atoms with Crippen LogP contribution in [0.3, 0.4) is 0 Å². The Kier molecular flexibility index (Phi) is 5.74. The number of nitrogens with one attached hydrogen (secondary N) is 3. The van der Waals surface area contributed by atoms with Crippen molar-refractivity contribution < 1.29 is 14.4 Å². The summed E-state index contributed by atoms with van der Waals surface area (Å²) in [5, 5.41) is 4.29. The van der Waals surface area contributed by atoms with Gasteiger partial charge in [-0.2, -0.15) is 0 Å². The van der Waals surface area contributed by atoms with E-state index in [1.807, 2.05) is 22.9 Å². The molecule has 0 aromatic carbocycles. The van der Waals surface area contributed by atoms with Crippen LogP contribution in [-0.2, 0) is 14.4 Å². The molecule has 0 spiro atoms. The van der Waals surface area contributed by atoms with Crippen LogP contribution in [0, 0.1) is 0 Å². The minimum Gasteiger partial charge on any atom is -0.346 e. The number of amides is 3. The smallest absolute Gasteiger partial charge is 0.327 e. The van der Waals surface area contributed by atoms with Crippen molar-refractivity contribution in [2.45, 2.75) is 19.9 Å². The second kappa shape index (κ2) is 7.32. The topological polar surface area (TPSA) is 87.3 Å². The largest absolute Gasteiger partial charge is 0.346 e. The molecule has 19 heavy (non-hydrogen) atoms. The lowest BCUT2D eigenvalue weighted by molar-refractivity contribution is -0.140. The first kappa shape index (κ1) is 14.9. The van der Waals surface area contributed by atoms with Crippen molar-refractivity contribution in [2.75, 3.05) is 0 Å². The average Bonchev–Trinajstić information content (AvgIpc) is 2.85. The van der Waals surface area contributed by atoms with Gasteiger partial charge < -0.3 is 5.32 Å². The van der Waals surface area contributed by atoms with Gasteiger partial charge in [0.25, 0.3) is 5.91 Å². The highest BCUT2D eigenvalue weighted by molar-refractivity contribution is 7.10. The van der Waals surface area contributed by atoms with Gasteiger partial charge in [0.1, 0.15) is 0 Å². The number of thiophene rings is 1. The molecule has 0 saturated heterocycles. The summed E-state index contributed by atoms with van der Waals surface area (Å²) in [6.45, 7) is 3.46. The molecule has 0 unspecified atom stereocenters. The maximum Gasteiger partial charge on any atom is 0.327 e. The Morgan fingerprint density at radius 3 is 2.53 bits per heavy atom. The summed E-state index contributed by atoms with van der Waals surface area (Å²) < 4.78 is 0. The van der Waals surface area contributed by atoms with Crippen LogP contribution >= 0.6 is 11.3 Å². The summed E-state index contributed by atoms with van der Waals surface area (Å²) in [6, 6.07) is 3.57. The van der Waals surface area contributed by atoms with Crippen LogP contribution in [0.1, 0.15) is 18.7 Å². The van der Waals surface area contributed by atoms with E-state index in [0.29, 0.717) is 0 Å². The van der Waals surface area contributed by atoms with Gasteiger partial charge >= 0.3 is 11.8 Å². The minimum absolute atomic E-state index is 0.146. The van der Waals surface area contributed by atoms with E-state index in [4.69, 9.17) is 0 Å². The summed E-state index contributed by atoms with van der Waals surface area (Å²) in [6.07, 6.45) is 2.88. The Bertz CT molecular complexity index is 480. The van der Waals surface area contributed by atoms with E-state index in [0.717, 1.165) is 4.88 Å². The summed E-state index contributed by atoms with van der Waals surface area (Å²) in [7, 11) is 0. The predicted octanol–water partition coefficient (Wildman–Crippen LogP) is 0.433. The van der Waals surface area contributed by atoms with Gasteiger partial charge in [0.15, 0.2) is 0 Å². The Morgan fingerprint density at radius 1 is 1.21 bits per heavy atom. The van der Waals surface area contributed by atoms with Gasteiger partial charge in [-0.15, -0.1) is 11.3 Å². The van der Waals surface area contributed by atoms with Gasteiger partial charge in [0.05, 0.1) is 0 Å². The van der Waals surface area contributed by atoms with Crippen LogP contribution in [0.5, 0.6) is 0 Å². The number of rotatable bonds is 3. The van der Waals surface area contributed by atoms with Crippen LogP contribution < -0.4 is 16.2 Å². The monoisotopic (exact) mass is 281 g/mol. The molecular weight excluding hydrogens is 266 g/mol. The Hall–Kier alpha value is -2.15. The molecule has 3 N–H and O–H groups in total. The number of hydrogen-bond acceptors (Lipinski definition) is 4. The van der Waals surface area contributed by atoms with E-state index >= 15 is 0 Å². The maximum atomic E-state index is 11.3. The summed E-state index contributed by atoms with van der Waals surface area (Å²) >= 11 is 1.48. The number of hydrogen-bond donors (Lipinski definition) is 3. The SMILES string of the molecule is CC(C)NC(=O)C(=O)NNC(=O)/C=C/c1cccs1. The molecule has 0 aliphatic rings. The fourth-order valence-electron chi connectivity index (χ4n) is 1.09. The van der Waals surface area contributed by atoms with Crippen molar-refractivity contribution in [1.82, 2.24) is 16.2 Å². The van der Waals surface area contributed by atoms with Gasteiger partial charge in [0, 0.05) is 17.0 Å². The zero-order chi connectivity index (χ0) is 14.3. The zero-order valence-corrected chi connectivity index (χ0v) is 11.4. The molecule has 0 atom stereocenters. The Morgan fingerprint density at radius 2 is 1.95 bits per heavy atom. The quantitative estimate of drug-likeness (QED) is 0.426. The summed E-state index contributed by atoms with van der Waals surface area (Å²) in [5.41, 5.74) is 4.14. The molecule has 1 aromatic heterocycles. The standard InChI is InChI=1S/C12H15N3O3S/c1-8(2)13-11(17)12(18)15-14-10(16)6-5-9-4-3-7-19-9/h3-8H,1-2H3,(H,13,17)(H,14,16)(H,15,18)/b6-5+. The Labute approximate surface area is 114 Å². The molecule has 3 amide bonds. The first-order chi connectivity index (χ1) is 8.99. The second-order valence-electron chi connectivity index (χ2n) is 3.92. The van der Waals surface area contributed by atoms with Crippen LogP contribution in [-0.4, -0.2) is 23.8 Å². The van der Waals surface area contributed by atoms with E-state index in [2.05, 4.69) is 10.7 Å². The molecule has 7 heteroatoms. The normalized spacial score (nSPS) is 10.5. The second-order valence-corrected chi connectivity index (χ2v) is 4.90.